The van der Waals surface area contributed by atoms with Crippen LogP contribution in [-0.2, 0) is 9.59 Å². The van der Waals surface area contributed by atoms with Gasteiger partial charge in [-0.25, -0.2) is 4.39 Å². The first kappa shape index (κ1) is 30.2. The van der Waals surface area contributed by atoms with Crippen molar-refractivity contribution in [3.8, 4) is 11.5 Å². The number of carbonyl (C=O) groups excluding carboxylic acids is 2. The van der Waals surface area contributed by atoms with E-state index in [1.165, 1.54) is 13.2 Å². The monoisotopic (exact) mass is 592 g/mol. The van der Waals surface area contributed by atoms with Crippen LogP contribution in [0.2, 0.25) is 0 Å². The molecule has 8 nitrogen and oxygen atoms in total. The molecule has 0 radical (unpaired) electrons. The van der Waals surface area contributed by atoms with E-state index in [0.29, 0.717) is 32.1 Å². The Balaban J connectivity index is 1.36. The first-order chi connectivity index (χ1) is 19.8. The largest absolute Gasteiger partial charge is 0.496 e. The molecule has 42 heavy (non-hydrogen) atoms. The highest BCUT2D eigenvalue weighted by molar-refractivity contribution is 5.98. The summed E-state index contributed by atoms with van der Waals surface area (Å²) >= 11 is 0. The van der Waals surface area contributed by atoms with Gasteiger partial charge in [-0.1, -0.05) is 6.92 Å². The molecule has 4 aliphatic carbocycles. The van der Waals surface area contributed by atoms with Gasteiger partial charge in [0.2, 0.25) is 5.91 Å². The number of hydrogen-bond donors (Lipinski definition) is 3. The van der Waals surface area contributed by atoms with Gasteiger partial charge in [0.05, 0.1) is 30.1 Å². The zero-order chi connectivity index (χ0) is 30.6. The Bertz CT molecular complexity index is 1300. The van der Waals surface area contributed by atoms with Gasteiger partial charge in [0.25, 0.3) is 12.0 Å². The van der Waals surface area contributed by atoms with Crippen LogP contribution >= 0.6 is 0 Å². The predicted octanol–water partition coefficient (Wildman–Crippen LogP) is 5.46. The average Bonchev–Trinajstić information content (AvgIpc) is 3.41. The van der Waals surface area contributed by atoms with Crippen molar-refractivity contribution >= 4 is 17.8 Å². The number of halogens is 3. The minimum Gasteiger partial charge on any atom is -0.496 e. The molecule has 0 heterocycles. The summed E-state index contributed by atoms with van der Waals surface area (Å²) in [7, 11) is 1.28. The van der Waals surface area contributed by atoms with Crippen molar-refractivity contribution in [2.75, 3.05) is 7.11 Å². The van der Waals surface area contributed by atoms with Crippen molar-refractivity contribution < 1.29 is 42.1 Å². The second-order valence-corrected chi connectivity index (χ2v) is 13.2. The quantitative estimate of drug-likeness (QED) is 0.351. The second-order valence-electron chi connectivity index (χ2n) is 13.2. The van der Waals surface area contributed by atoms with Crippen LogP contribution in [0.25, 0.3) is 0 Å². The van der Waals surface area contributed by atoms with Gasteiger partial charge >= 0.3 is 5.97 Å². The third kappa shape index (κ3) is 5.58. The second kappa shape index (κ2) is 11.1. The molecule has 0 saturated heterocycles. The van der Waals surface area contributed by atoms with Crippen molar-refractivity contribution in [3.05, 3.63) is 35.2 Å². The first-order valence-electron chi connectivity index (χ1n) is 14.7. The number of methoxy groups -OCH3 is 1. The highest BCUT2D eigenvalue weighted by atomic mass is 19.3. The van der Waals surface area contributed by atoms with Crippen LogP contribution in [0.3, 0.4) is 0 Å². The molecular formula is C31H39F3N2O6. The Kier molecular flexibility index (Phi) is 8.00. The number of carboxylic acid groups (broad SMARTS) is 1. The molecule has 230 valence electrons. The number of benzene rings is 1. The number of rotatable bonds is 9. The summed E-state index contributed by atoms with van der Waals surface area (Å²) in [6.07, 6.45) is 1.80. The molecule has 0 spiro atoms. The van der Waals surface area contributed by atoms with Crippen molar-refractivity contribution in [1.82, 2.24) is 10.6 Å². The maximum absolute atomic E-state index is 15.0. The summed E-state index contributed by atoms with van der Waals surface area (Å²) in [5.41, 5.74) is -0.928. The van der Waals surface area contributed by atoms with E-state index in [1.807, 2.05) is 6.92 Å². The molecule has 3 N–H and O–H groups in total. The number of aliphatic carboxylic acids is 1. The number of ether oxygens (including phenoxy) is 2. The summed E-state index contributed by atoms with van der Waals surface area (Å²) < 4.78 is 53.8. The third-order valence-corrected chi connectivity index (χ3v) is 10.4. The molecule has 4 fully saturated rings. The van der Waals surface area contributed by atoms with Crippen LogP contribution < -0.4 is 20.1 Å². The van der Waals surface area contributed by atoms with E-state index in [2.05, 4.69) is 17.6 Å². The Morgan fingerprint density at radius 3 is 2.31 bits per heavy atom. The Morgan fingerprint density at radius 2 is 1.74 bits per heavy atom. The van der Waals surface area contributed by atoms with E-state index in [1.54, 1.807) is 6.92 Å². The fourth-order valence-corrected chi connectivity index (χ4v) is 7.01. The van der Waals surface area contributed by atoms with E-state index in [-0.39, 0.29) is 52.3 Å². The van der Waals surface area contributed by atoms with Gasteiger partial charge in [0.15, 0.2) is 11.6 Å². The van der Waals surface area contributed by atoms with Crippen LogP contribution in [0.1, 0.15) is 82.5 Å². The van der Waals surface area contributed by atoms with Gasteiger partial charge in [-0.15, -0.1) is 0 Å². The zero-order valence-corrected chi connectivity index (χ0v) is 24.4. The summed E-state index contributed by atoms with van der Waals surface area (Å²) in [5.74, 6) is -4.51. The molecule has 11 heteroatoms. The normalized spacial score (nSPS) is 31.7. The number of carboxylic acids is 1. The van der Waals surface area contributed by atoms with Crippen LogP contribution in [-0.4, -0.2) is 48.2 Å². The molecule has 0 unspecified atom stereocenters. The van der Waals surface area contributed by atoms with Crippen LogP contribution in [0.4, 0.5) is 13.2 Å². The van der Waals surface area contributed by atoms with Crippen molar-refractivity contribution in [2.24, 2.45) is 28.6 Å². The molecule has 5 rings (SSSR count). The lowest BCUT2D eigenvalue weighted by Gasteiger charge is -2.34. The Labute approximate surface area is 243 Å². The number of amides is 2. The Hall–Kier alpha value is -3.24. The predicted molar refractivity (Wildman–Crippen MR) is 147 cm³/mol. The topological polar surface area (TPSA) is 114 Å². The standard InChI is InChI=1S/C31H39F3N2O6/c1-15(30(2)9-10-30)35-28(38)24-16-11-18(19(12-16)26(33)34)25(24)36-27(37)20-13-23(21(32)14-22(20)41-4)42-17-5-7-31(3,8-6-17)29(39)40/h13-18,24-25H,5-12H2,1-4H3,(H,35,38)(H,36,37)(H,39,40)/t15-,16-,17?,18+,24-,25+,31?/m0/s1. The van der Waals surface area contributed by atoms with Gasteiger partial charge in [0.1, 0.15) is 5.75 Å². The van der Waals surface area contributed by atoms with Crippen molar-refractivity contribution in [2.45, 2.75) is 90.3 Å². The van der Waals surface area contributed by atoms with Gasteiger partial charge in [0, 0.05) is 29.6 Å². The SMILES string of the molecule is COc1cc(F)c(OC2CCC(C)(C(=O)O)CC2)cc1C(=O)N[C@H]1[C@@H](C(=O)N[C@@H](C)C2(C)CC2)[C@@H]2CC(=C(F)F)[C@H]1C2. The number of fused-ring (bicyclic) bond motifs is 2. The molecule has 2 amide bonds. The molecular weight excluding hydrogens is 553 g/mol. The highest BCUT2D eigenvalue weighted by Crippen LogP contribution is 2.54. The molecule has 2 bridgehead atoms. The minimum atomic E-state index is -1.78. The van der Waals surface area contributed by atoms with Crippen molar-refractivity contribution in [3.63, 3.8) is 0 Å². The lowest BCUT2D eigenvalue weighted by atomic mass is 9.75. The maximum atomic E-state index is 15.0. The van der Waals surface area contributed by atoms with E-state index in [9.17, 15) is 28.3 Å². The first-order valence-corrected chi connectivity index (χ1v) is 14.7. The molecule has 0 aliphatic heterocycles. The van der Waals surface area contributed by atoms with E-state index in [4.69, 9.17) is 9.47 Å². The van der Waals surface area contributed by atoms with Gasteiger partial charge in [-0.05, 0) is 82.6 Å². The number of nitrogens with one attached hydrogen (secondary N) is 2. The van der Waals surface area contributed by atoms with Crippen LogP contribution in [0.5, 0.6) is 11.5 Å². The fraction of sp³-hybridized carbons (Fsp3) is 0.645. The minimum absolute atomic E-state index is 0.0184. The smallest absolute Gasteiger partial charge is 0.309 e. The lowest BCUT2D eigenvalue weighted by molar-refractivity contribution is -0.150. The molecule has 4 saturated carbocycles. The molecule has 0 aromatic heterocycles. The molecule has 5 atom stereocenters. The maximum Gasteiger partial charge on any atom is 0.309 e. The van der Waals surface area contributed by atoms with Crippen LogP contribution in [0.15, 0.2) is 23.8 Å². The molecule has 1 aromatic rings. The Morgan fingerprint density at radius 1 is 1.07 bits per heavy atom. The van der Waals surface area contributed by atoms with Crippen molar-refractivity contribution in [1.29, 1.82) is 0 Å². The summed E-state index contributed by atoms with van der Waals surface area (Å²) in [4.78, 5) is 38.7. The fourth-order valence-electron chi connectivity index (χ4n) is 7.01. The highest BCUT2D eigenvalue weighted by Gasteiger charge is 2.56. The summed E-state index contributed by atoms with van der Waals surface area (Å²) in [5, 5.41) is 15.4. The molecule has 4 aliphatic rings. The molecule has 1 aromatic carbocycles. The van der Waals surface area contributed by atoms with E-state index in [0.717, 1.165) is 18.9 Å². The average molecular weight is 593 g/mol. The number of carbonyl (C=O) groups is 3. The van der Waals surface area contributed by atoms with E-state index >= 15 is 4.39 Å². The summed E-state index contributed by atoms with van der Waals surface area (Å²) in [6.45, 7) is 5.71. The lowest BCUT2D eigenvalue weighted by Crippen LogP contribution is -2.52. The number of hydrogen-bond acceptors (Lipinski definition) is 5. The van der Waals surface area contributed by atoms with E-state index < -0.39 is 53.2 Å². The zero-order valence-electron chi connectivity index (χ0n) is 24.4. The van der Waals surface area contributed by atoms with Crippen LogP contribution in [0, 0.1) is 34.4 Å². The van der Waals surface area contributed by atoms with Gasteiger partial charge < -0.3 is 25.2 Å². The third-order valence-electron chi connectivity index (χ3n) is 10.4. The summed E-state index contributed by atoms with van der Waals surface area (Å²) in [6, 6.07) is 1.31. The van der Waals surface area contributed by atoms with Gasteiger partial charge in [-0.3, -0.25) is 14.4 Å². The van der Waals surface area contributed by atoms with Gasteiger partial charge in [-0.2, -0.15) is 8.78 Å².